The summed E-state index contributed by atoms with van der Waals surface area (Å²) in [5.41, 5.74) is 0.175. The van der Waals surface area contributed by atoms with Crippen LogP contribution >= 0.6 is 15.9 Å². The minimum absolute atomic E-state index is 0.00972. The molecule has 1 aromatic carbocycles. The molecule has 0 heterocycles. The molecule has 0 amide bonds. The van der Waals surface area contributed by atoms with E-state index in [-0.39, 0.29) is 22.8 Å². The fourth-order valence-electron chi connectivity index (χ4n) is 1.95. The Morgan fingerprint density at radius 3 is 2.56 bits per heavy atom. The zero-order valence-corrected chi connectivity index (χ0v) is 10.5. The zero-order valence-electron chi connectivity index (χ0n) is 8.91. The highest BCUT2D eigenvalue weighted by molar-refractivity contribution is 9.10. The largest absolute Gasteiger partial charge is 0.507 e. The number of rotatable bonds is 0. The summed E-state index contributed by atoms with van der Waals surface area (Å²) in [4.78, 5) is 11.7. The summed E-state index contributed by atoms with van der Waals surface area (Å²) >= 11 is 3.15. The van der Waals surface area contributed by atoms with Crippen LogP contribution in [0.2, 0.25) is 0 Å². The Balaban J connectivity index is 2.88. The first kappa shape index (κ1) is 11.2. The Kier molecular flexibility index (Phi) is 2.35. The van der Waals surface area contributed by atoms with Gasteiger partial charge in [-0.1, -0.05) is 19.9 Å². The molecule has 0 aliphatic heterocycles. The zero-order chi connectivity index (χ0) is 12.1. The molecule has 0 saturated carbocycles. The fraction of sp³-hybridized carbons (Fsp3) is 0.250. The number of carbonyl (C=O) groups is 1. The first-order valence-electron chi connectivity index (χ1n) is 4.83. The summed E-state index contributed by atoms with van der Waals surface area (Å²) < 4.78 is 0.389. The number of hydrogen-bond donors (Lipinski definition) is 2. The van der Waals surface area contributed by atoms with Gasteiger partial charge in [-0.25, -0.2) is 0 Å². The second kappa shape index (κ2) is 3.35. The Labute approximate surface area is 102 Å². The van der Waals surface area contributed by atoms with Gasteiger partial charge in [0.2, 0.25) is 0 Å². The lowest BCUT2D eigenvalue weighted by molar-refractivity contribution is 0.103. The highest BCUT2D eigenvalue weighted by Gasteiger charge is 2.33. The van der Waals surface area contributed by atoms with E-state index in [9.17, 15) is 15.0 Å². The van der Waals surface area contributed by atoms with Crippen molar-refractivity contribution >= 4 is 21.7 Å². The number of fused-ring (bicyclic) bond motifs is 1. The minimum atomic E-state index is -0.478. The van der Waals surface area contributed by atoms with Crippen LogP contribution in [0.1, 0.15) is 29.8 Å². The smallest absolute Gasteiger partial charge is 0.189 e. The van der Waals surface area contributed by atoms with Gasteiger partial charge < -0.3 is 10.2 Å². The molecule has 1 aliphatic carbocycles. The SMILES string of the molecule is CC1(C)C=CC(=O)c2c(O)cc(Br)c(O)c21. The summed E-state index contributed by atoms with van der Waals surface area (Å²) in [6, 6.07) is 1.33. The Morgan fingerprint density at radius 1 is 1.31 bits per heavy atom. The summed E-state index contributed by atoms with van der Waals surface area (Å²) in [5.74, 6) is -0.382. The summed E-state index contributed by atoms with van der Waals surface area (Å²) in [6.07, 6.45) is 3.15. The van der Waals surface area contributed by atoms with E-state index >= 15 is 0 Å². The van der Waals surface area contributed by atoms with Crippen molar-refractivity contribution in [3.8, 4) is 11.5 Å². The number of carbonyl (C=O) groups excluding carboxylic acids is 1. The normalized spacial score (nSPS) is 17.3. The molecule has 0 saturated heterocycles. The van der Waals surface area contributed by atoms with Crippen molar-refractivity contribution < 1.29 is 15.0 Å². The average Bonchev–Trinajstić information content (AvgIpc) is 2.18. The third-order valence-corrected chi connectivity index (χ3v) is 3.38. The number of phenols is 2. The molecule has 0 bridgehead atoms. The van der Waals surface area contributed by atoms with E-state index in [0.29, 0.717) is 10.0 Å². The van der Waals surface area contributed by atoms with E-state index in [1.807, 2.05) is 13.8 Å². The van der Waals surface area contributed by atoms with Crippen LogP contribution < -0.4 is 0 Å². The molecule has 1 aromatic rings. The van der Waals surface area contributed by atoms with E-state index in [1.54, 1.807) is 6.08 Å². The van der Waals surface area contributed by atoms with Crippen LogP contribution in [0.25, 0.3) is 0 Å². The maximum absolute atomic E-state index is 11.7. The molecule has 0 fully saturated rings. The third kappa shape index (κ3) is 1.45. The van der Waals surface area contributed by atoms with Gasteiger partial charge in [0.1, 0.15) is 11.5 Å². The van der Waals surface area contributed by atoms with Crippen LogP contribution in [0.3, 0.4) is 0 Å². The van der Waals surface area contributed by atoms with Crippen LogP contribution in [-0.2, 0) is 5.41 Å². The number of phenolic OH excluding ortho intramolecular Hbond substituents is 2. The Morgan fingerprint density at radius 2 is 1.94 bits per heavy atom. The number of ketones is 1. The van der Waals surface area contributed by atoms with Crippen molar-refractivity contribution in [3.05, 3.63) is 33.8 Å². The number of benzene rings is 1. The fourth-order valence-corrected chi connectivity index (χ4v) is 2.37. The van der Waals surface area contributed by atoms with E-state index in [0.717, 1.165) is 0 Å². The molecule has 0 atom stereocenters. The highest BCUT2D eigenvalue weighted by Crippen LogP contribution is 2.45. The summed E-state index contributed by atoms with van der Waals surface area (Å²) in [6.45, 7) is 3.75. The monoisotopic (exact) mass is 282 g/mol. The van der Waals surface area contributed by atoms with Gasteiger partial charge in [0.05, 0.1) is 10.0 Å². The molecular formula is C12H11BrO3. The van der Waals surface area contributed by atoms with Gasteiger partial charge in [0.15, 0.2) is 5.78 Å². The molecule has 0 aromatic heterocycles. The molecule has 1 aliphatic rings. The second-order valence-corrected chi connectivity index (χ2v) is 5.25. The molecule has 16 heavy (non-hydrogen) atoms. The van der Waals surface area contributed by atoms with E-state index in [1.165, 1.54) is 12.1 Å². The van der Waals surface area contributed by atoms with Gasteiger partial charge in [0, 0.05) is 11.0 Å². The van der Waals surface area contributed by atoms with Crippen molar-refractivity contribution in [1.29, 1.82) is 0 Å². The first-order chi connectivity index (χ1) is 7.34. The predicted molar refractivity (Wildman–Crippen MR) is 64.0 cm³/mol. The van der Waals surface area contributed by atoms with Crippen molar-refractivity contribution in [2.24, 2.45) is 0 Å². The standard InChI is InChI=1S/C12H11BrO3/c1-12(2)4-3-7(14)9-8(15)5-6(13)11(16)10(9)12/h3-5,15-16H,1-2H3. The van der Waals surface area contributed by atoms with Crippen LogP contribution in [-0.4, -0.2) is 16.0 Å². The summed E-state index contributed by atoms with van der Waals surface area (Å²) in [5, 5.41) is 19.7. The van der Waals surface area contributed by atoms with Crippen LogP contribution in [0.15, 0.2) is 22.7 Å². The van der Waals surface area contributed by atoms with Gasteiger partial charge >= 0.3 is 0 Å². The second-order valence-electron chi connectivity index (χ2n) is 4.40. The molecule has 84 valence electrons. The first-order valence-corrected chi connectivity index (χ1v) is 5.62. The minimum Gasteiger partial charge on any atom is -0.507 e. The van der Waals surface area contributed by atoms with E-state index in [4.69, 9.17) is 0 Å². The van der Waals surface area contributed by atoms with Gasteiger partial charge in [0.25, 0.3) is 0 Å². The molecule has 2 rings (SSSR count). The van der Waals surface area contributed by atoms with Crippen molar-refractivity contribution in [1.82, 2.24) is 0 Å². The molecular weight excluding hydrogens is 272 g/mol. The number of allylic oxidation sites excluding steroid dienone is 2. The number of aromatic hydroxyl groups is 2. The third-order valence-electron chi connectivity index (χ3n) is 2.77. The molecule has 2 N–H and O–H groups in total. The van der Waals surface area contributed by atoms with Gasteiger partial charge in [-0.05, 0) is 28.1 Å². The van der Waals surface area contributed by atoms with Gasteiger partial charge in [-0.15, -0.1) is 0 Å². The van der Waals surface area contributed by atoms with E-state index < -0.39 is 5.41 Å². The maximum atomic E-state index is 11.7. The predicted octanol–water partition coefficient (Wildman–Crippen LogP) is 2.89. The van der Waals surface area contributed by atoms with Crippen LogP contribution in [0.4, 0.5) is 0 Å². The lowest BCUT2D eigenvalue weighted by Gasteiger charge is -2.28. The lowest BCUT2D eigenvalue weighted by Crippen LogP contribution is -2.23. The topological polar surface area (TPSA) is 57.5 Å². The quantitative estimate of drug-likeness (QED) is 0.720. The molecule has 3 nitrogen and oxygen atoms in total. The molecule has 0 radical (unpaired) electrons. The Hall–Kier alpha value is -1.29. The molecule has 0 unspecified atom stereocenters. The number of halogens is 1. The molecule has 0 spiro atoms. The van der Waals surface area contributed by atoms with Gasteiger partial charge in [-0.3, -0.25) is 4.79 Å². The molecule has 4 heteroatoms. The lowest BCUT2D eigenvalue weighted by atomic mass is 9.76. The van der Waals surface area contributed by atoms with Crippen LogP contribution in [0.5, 0.6) is 11.5 Å². The summed E-state index contributed by atoms with van der Waals surface area (Å²) in [7, 11) is 0. The van der Waals surface area contributed by atoms with Crippen molar-refractivity contribution in [2.75, 3.05) is 0 Å². The number of hydrogen-bond acceptors (Lipinski definition) is 3. The average molecular weight is 283 g/mol. The van der Waals surface area contributed by atoms with Crippen molar-refractivity contribution in [2.45, 2.75) is 19.3 Å². The maximum Gasteiger partial charge on any atom is 0.189 e. The van der Waals surface area contributed by atoms with Crippen molar-refractivity contribution in [3.63, 3.8) is 0 Å². The highest BCUT2D eigenvalue weighted by atomic mass is 79.9. The Bertz CT molecular complexity index is 515. The van der Waals surface area contributed by atoms with Crippen LogP contribution in [0, 0.1) is 0 Å². The van der Waals surface area contributed by atoms with E-state index in [2.05, 4.69) is 15.9 Å². The van der Waals surface area contributed by atoms with Gasteiger partial charge in [-0.2, -0.15) is 0 Å².